The summed E-state index contributed by atoms with van der Waals surface area (Å²) in [6, 6.07) is 24.7. The lowest BCUT2D eigenvalue weighted by molar-refractivity contribution is 0.415. The maximum atomic E-state index is 6.29. The Labute approximate surface area is 358 Å². The van der Waals surface area contributed by atoms with E-state index in [0.717, 1.165) is 74.9 Å². The zero-order valence-corrected chi connectivity index (χ0v) is 36.8. The van der Waals surface area contributed by atoms with Gasteiger partial charge in [0.1, 0.15) is 11.5 Å². The van der Waals surface area contributed by atoms with Crippen LogP contribution in [0.2, 0.25) is 5.02 Å². The third kappa shape index (κ3) is 13.3. The number of ether oxygens (including phenoxy) is 2. The number of hydrogen-bond acceptors (Lipinski definition) is 7. The first kappa shape index (κ1) is 44.2. The highest BCUT2D eigenvalue weighted by Gasteiger charge is 2.12. The van der Waals surface area contributed by atoms with Crippen LogP contribution in [0.1, 0.15) is 121 Å². The lowest BCUT2D eigenvalue weighted by Crippen LogP contribution is -2.16. The lowest BCUT2D eigenvalue weighted by atomic mass is 10.0. The number of hydrogen-bond donors (Lipinski definition) is 3. The number of benzene rings is 4. The number of fused-ring (bicyclic) bond motifs is 4. The number of nitrogens with one attached hydrogen (secondary N) is 3. The fourth-order valence-electron chi connectivity index (χ4n) is 8.34. The van der Waals surface area contributed by atoms with E-state index in [1.807, 2.05) is 30.3 Å². The predicted octanol–water partition coefficient (Wildman–Crippen LogP) is 14.2. The second-order valence-electron chi connectivity index (χ2n) is 16.4. The minimum absolute atomic E-state index is 0.708. The summed E-state index contributed by atoms with van der Waals surface area (Å²) in [5.74, 6) is 1.71. The number of halogens is 1. The highest BCUT2D eigenvalue weighted by atomic mass is 35.5. The van der Waals surface area contributed by atoms with Crippen LogP contribution >= 0.6 is 11.6 Å². The third-order valence-electron chi connectivity index (χ3n) is 11.7. The molecule has 0 amide bonds. The van der Waals surface area contributed by atoms with Crippen molar-refractivity contribution in [1.29, 1.82) is 0 Å². The number of unbranched alkanes of at least 4 members (excludes halogenated alkanes) is 16. The summed E-state index contributed by atoms with van der Waals surface area (Å²) < 4.78 is 11.0. The van der Waals surface area contributed by atoms with Crippen molar-refractivity contribution in [2.45, 2.75) is 122 Å². The van der Waals surface area contributed by atoms with Gasteiger partial charge in [0.25, 0.3) is 0 Å². The smallest absolute Gasteiger partial charge is 0.119 e. The molecular formula is C51H68ClN5O2. The van der Waals surface area contributed by atoms with Crippen LogP contribution in [0, 0.1) is 6.92 Å². The molecule has 0 saturated carbocycles. The molecule has 4 aromatic carbocycles. The third-order valence-corrected chi connectivity index (χ3v) is 12.0. The Bertz CT molecular complexity index is 2050. The highest BCUT2D eigenvalue weighted by Crippen LogP contribution is 2.35. The largest absolute Gasteiger partial charge is 0.497 e. The summed E-state index contributed by atoms with van der Waals surface area (Å²) in [6.07, 6.45) is 23.7. The van der Waals surface area contributed by atoms with Crippen LogP contribution in [-0.4, -0.2) is 50.4 Å². The van der Waals surface area contributed by atoms with E-state index < -0.39 is 0 Å². The van der Waals surface area contributed by atoms with E-state index in [-0.39, 0.29) is 0 Å². The molecule has 2 heterocycles. The van der Waals surface area contributed by atoms with Gasteiger partial charge < -0.3 is 25.4 Å². The minimum Gasteiger partial charge on any atom is -0.497 e. The molecule has 0 aliphatic rings. The molecule has 2 aromatic heterocycles. The molecule has 6 rings (SSSR count). The number of methoxy groups -OCH3 is 2. The zero-order valence-electron chi connectivity index (χ0n) is 36.1. The Balaban J connectivity index is 0.713. The van der Waals surface area contributed by atoms with Gasteiger partial charge in [-0.3, -0.25) is 0 Å². The maximum absolute atomic E-state index is 6.29. The molecule has 6 aromatic rings. The van der Waals surface area contributed by atoms with Gasteiger partial charge in [0.15, 0.2) is 0 Å². The van der Waals surface area contributed by atoms with Crippen molar-refractivity contribution >= 4 is 66.6 Å². The van der Waals surface area contributed by atoms with Gasteiger partial charge in [-0.15, -0.1) is 0 Å². The van der Waals surface area contributed by atoms with Crippen molar-refractivity contribution in [3.05, 3.63) is 83.4 Å². The lowest BCUT2D eigenvalue weighted by Gasteiger charge is -2.14. The molecule has 316 valence electrons. The molecule has 0 fully saturated rings. The van der Waals surface area contributed by atoms with Crippen LogP contribution in [-0.2, 0) is 0 Å². The van der Waals surface area contributed by atoms with Crippen molar-refractivity contribution in [3.8, 4) is 11.5 Å². The summed E-state index contributed by atoms with van der Waals surface area (Å²) in [5.41, 5.74) is 7.46. The molecule has 0 spiro atoms. The van der Waals surface area contributed by atoms with Crippen molar-refractivity contribution in [3.63, 3.8) is 0 Å². The van der Waals surface area contributed by atoms with Gasteiger partial charge in [-0.1, -0.05) is 114 Å². The molecule has 7 nitrogen and oxygen atoms in total. The Hall–Kier alpha value is -4.33. The Kier molecular flexibility index (Phi) is 18.0. The fraction of sp³-hybridized carbons (Fsp3) is 0.490. The van der Waals surface area contributed by atoms with Crippen molar-refractivity contribution in [2.24, 2.45) is 0 Å². The second kappa shape index (κ2) is 24.1. The van der Waals surface area contributed by atoms with Crippen molar-refractivity contribution < 1.29 is 9.47 Å². The van der Waals surface area contributed by atoms with Crippen LogP contribution in [0.25, 0.3) is 43.6 Å². The monoisotopic (exact) mass is 818 g/mol. The minimum atomic E-state index is 0.708. The number of aryl methyl sites for hydroxylation is 1. The van der Waals surface area contributed by atoms with E-state index in [9.17, 15) is 0 Å². The van der Waals surface area contributed by atoms with E-state index in [0.29, 0.717) is 5.02 Å². The molecule has 0 bridgehead atoms. The van der Waals surface area contributed by atoms with Gasteiger partial charge in [-0.2, -0.15) is 0 Å². The second-order valence-corrected chi connectivity index (χ2v) is 16.8. The maximum Gasteiger partial charge on any atom is 0.119 e. The van der Waals surface area contributed by atoms with E-state index in [1.54, 1.807) is 14.2 Å². The summed E-state index contributed by atoms with van der Waals surface area (Å²) in [6.45, 7) is 6.40. The fourth-order valence-corrected chi connectivity index (χ4v) is 8.51. The topological polar surface area (TPSA) is 80.3 Å². The average Bonchev–Trinajstić information content (AvgIpc) is 3.25. The van der Waals surface area contributed by atoms with E-state index >= 15 is 0 Å². The Morgan fingerprint density at radius 3 is 1.29 bits per heavy atom. The van der Waals surface area contributed by atoms with Crippen LogP contribution in [0.4, 0.5) is 11.4 Å². The van der Waals surface area contributed by atoms with Gasteiger partial charge in [-0.05, 0) is 112 Å². The standard InChI is InChI=1S/C51H68ClN5O2/c1-38-22-26-42-48(34-38)56-46-28-24-40(58-2)36-44(46)50(42)54-32-20-16-12-8-4-6-10-14-18-30-53-31-19-15-11-7-5-9-13-17-21-33-55-51-43-27-23-39(52)35-49(43)57-47-29-25-41(59-3)37-45(47)51/h22-29,34-37,53H,4-21,30-33H2,1-3H3,(H,54,56)(H,55,57). The molecule has 0 aliphatic carbocycles. The Morgan fingerprint density at radius 1 is 0.424 bits per heavy atom. The van der Waals surface area contributed by atoms with E-state index in [1.165, 1.54) is 139 Å². The molecule has 3 N–H and O–H groups in total. The van der Waals surface area contributed by atoms with Gasteiger partial charge >= 0.3 is 0 Å². The normalized spacial score (nSPS) is 11.6. The number of rotatable bonds is 28. The van der Waals surface area contributed by atoms with Crippen LogP contribution < -0.4 is 25.4 Å². The number of nitrogens with zero attached hydrogens (tertiary/aromatic N) is 2. The molecular weight excluding hydrogens is 750 g/mol. The summed E-state index contributed by atoms with van der Waals surface area (Å²) >= 11 is 6.29. The Morgan fingerprint density at radius 2 is 0.831 bits per heavy atom. The van der Waals surface area contributed by atoms with Gasteiger partial charge in [0.2, 0.25) is 0 Å². The van der Waals surface area contributed by atoms with Crippen molar-refractivity contribution in [1.82, 2.24) is 15.3 Å². The summed E-state index contributed by atoms with van der Waals surface area (Å²) in [5, 5.41) is 16.4. The zero-order chi connectivity index (χ0) is 41.1. The van der Waals surface area contributed by atoms with Gasteiger partial charge in [0, 0.05) is 39.7 Å². The first-order valence-electron chi connectivity index (χ1n) is 22.7. The highest BCUT2D eigenvalue weighted by molar-refractivity contribution is 6.31. The summed E-state index contributed by atoms with van der Waals surface area (Å²) in [7, 11) is 3.43. The molecule has 0 radical (unpaired) electrons. The average molecular weight is 819 g/mol. The van der Waals surface area contributed by atoms with Crippen molar-refractivity contribution in [2.75, 3.05) is 51.0 Å². The van der Waals surface area contributed by atoms with E-state index in [2.05, 4.69) is 65.3 Å². The molecule has 8 heteroatoms. The van der Waals surface area contributed by atoms with Crippen LogP contribution in [0.15, 0.2) is 72.8 Å². The van der Waals surface area contributed by atoms with Crippen LogP contribution in [0.3, 0.4) is 0 Å². The molecule has 0 saturated heterocycles. The quantitative estimate of drug-likeness (QED) is 0.0336. The molecule has 0 atom stereocenters. The van der Waals surface area contributed by atoms with Gasteiger partial charge in [0.05, 0.1) is 47.7 Å². The van der Waals surface area contributed by atoms with Gasteiger partial charge in [-0.25, -0.2) is 9.97 Å². The predicted molar refractivity (Wildman–Crippen MR) is 254 cm³/mol. The molecule has 0 aliphatic heterocycles. The van der Waals surface area contributed by atoms with E-state index in [4.69, 9.17) is 31.0 Å². The van der Waals surface area contributed by atoms with Crippen LogP contribution in [0.5, 0.6) is 11.5 Å². The molecule has 0 unspecified atom stereocenters. The first-order valence-corrected chi connectivity index (χ1v) is 23.1. The first-order chi connectivity index (χ1) is 29.0. The number of anilines is 2. The SMILES string of the molecule is COc1ccc2nc3cc(C)ccc3c(NCCCCCCCCCCCNCCCCCCCCCCCNc3c4ccc(Cl)cc4nc4ccc(OC)cc34)c2c1. The number of pyridine rings is 2. The summed E-state index contributed by atoms with van der Waals surface area (Å²) in [4.78, 5) is 9.78. The molecule has 59 heavy (non-hydrogen) atoms. The number of aromatic nitrogens is 2.